The van der Waals surface area contributed by atoms with Crippen molar-refractivity contribution in [3.63, 3.8) is 0 Å². The summed E-state index contributed by atoms with van der Waals surface area (Å²) in [5, 5.41) is 12.7. The van der Waals surface area contributed by atoms with Crippen LogP contribution >= 0.6 is 0 Å². The molecule has 3 rings (SSSR count). The maximum atomic E-state index is 12.4. The van der Waals surface area contributed by atoms with Crippen molar-refractivity contribution in [3.05, 3.63) is 77.1 Å². The van der Waals surface area contributed by atoms with Gasteiger partial charge in [0.05, 0.1) is 0 Å². The van der Waals surface area contributed by atoms with E-state index in [9.17, 15) is 14.7 Å². The highest BCUT2D eigenvalue weighted by atomic mass is 16.3. The first-order valence-electron chi connectivity index (χ1n) is 9.11. The monoisotopic (exact) mass is 377 g/mol. The molecule has 1 amide bonds. The number of nitrogens with two attached hydrogens (primary N) is 1. The summed E-state index contributed by atoms with van der Waals surface area (Å²) < 4.78 is 0. The van der Waals surface area contributed by atoms with Gasteiger partial charge in [0.15, 0.2) is 11.5 Å². The van der Waals surface area contributed by atoms with Gasteiger partial charge in [-0.1, -0.05) is 30.3 Å². The Kier molecular flexibility index (Phi) is 6.24. The third kappa shape index (κ3) is 5.08. The molecule has 0 atom stereocenters. The number of carbonyl (C=O) groups excluding carboxylic acids is 2. The Labute approximate surface area is 164 Å². The second-order valence-electron chi connectivity index (χ2n) is 6.54. The van der Waals surface area contributed by atoms with Crippen LogP contribution in [0, 0.1) is 0 Å². The van der Waals surface area contributed by atoms with E-state index in [1.807, 2.05) is 24.3 Å². The van der Waals surface area contributed by atoms with Crippen molar-refractivity contribution in [3.8, 4) is 0 Å². The van der Waals surface area contributed by atoms with E-state index in [2.05, 4.69) is 10.2 Å². The average molecular weight is 377 g/mol. The molecule has 0 unspecified atom stereocenters. The van der Waals surface area contributed by atoms with Gasteiger partial charge in [-0.05, 0) is 47.5 Å². The van der Waals surface area contributed by atoms with Gasteiger partial charge in [-0.3, -0.25) is 9.59 Å². The molecule has 2 aromatic rings. The van der Waals surface area contributed by atoms with Gasteiger partial charge in [0, 0.05) is 37.4 Å². The Morgan fingerprint density at radius 3 is 2.18 bits per heavy atom. The standard InChI is InChI=1S/C22H23N3O3/c23-22(28)21(27)15-17-3-1-16(2-4-17)5-10-20(26)18-6-8-19(9-7-18)25-13-11-24-12-14-25/h1-10,15,24,27H,11-14H2,(H2,23,28)/b10-5+,21-15?. The molecular formula is C22H23N3O3. The SMILES string of the molecule is NC(=O)C(O)=Cc1ccc(/C=C/C(=O)c2ccc(N3CCNCC3)cc2)cc1. The third-order valence-electron chi connectivity index (χ3n) is 4.55. The van der Waals surface area contributed by atoms with Crippen molar-refractivity contribution >= 4 is 29.5 Å². The lowest BCUT2D eigenvalue weighted by Gasteiger charge is -2.29. The summed E-state index contributed by atoms with van der Waals surface area (Å²) in [4.78, 5) is 25.5. The lowest BCUT2D eigenvalue weighted by atomic mass is 10.1. The first-order chi connectivity index (χ1) is 13.5. The zero-order chi connectivity index (χ0) is 19.9. The van der Waals surface area contributed by atoms with Crippen LogP contribution in [0.2, 0.25) is 0 Å². The van der Waals surface area contributed by atoms with E-state index in [1.54, 1.807) is 30.3 Å². The van der Waals surface area contributed by atoms with Crippen LogP contribution in [-0.4, -0.2) is 43.0 Å². The quantitative estimate of drug-likeness (QED) is 0.408. The van der Waals surface area contributed by atoms with Crippen molar-refractivity contribution in [1.29, 1.82) is 0 Å². The zero-order valence-electron chi connectivity index (χ0n) is 15.5. The number of ketones is 1. The molecule has 6 heteroatoms. The molecule has 2 aromatic carbocycles. The largest absolute Gasteiger partial charge is 0.503 e. The number of hydrogen-bond acceptors (Lipinski definition) is 5. The highest BCUT2D eigenvalue weighted by Gasteiger charge is 2.10. The topological polar surface area (TPSA) is 95.7 Å². The highest BCUT2D eigenvalue weighted by Crippen LogP contribution is 2.17. The molecule has 1 aliphatic heterocycles. The summed E-state index contributed by atoms with van der Waals surface area (Å²) in [7, 11) is 0. The third-order valence-corrected chi connectivity index (χ3v) is 4.55. The molecule has 0 bridgehead atoms. The van der Waals surface area contributed by atoms with Crippen LogP contribution in [0.3, 0.4) is 0 Å². The van der Waals surface area contributed by atoms with Gasteiger partial charge in [-0.2, -0.15) is 0 Å². The number of aliphatic hydroxyl groups excluding tert-OH is 1. The fourth-order valence-electron chi connectivity index (χ4n) is 2.96. The van der Waals surface area contributed by atoms with Crippen LogP contribution in [0.25, 0.3) is 12.2 Å². The Morgan fingerprint density at radius 2 is 1.57 bits per heavy atom. The van der Waals surface area contributed by atoms with Gasteiger partial charge < -0.3 is 21.1 Å². The average Bonchev–Trinajstić information content (AvgIpc) is 2.73. The first-order valence-corrected chi connectivity index (χ1v) is 9.11. The van der Waals surface area contributed by atoms with Gasteiger partial charge in [-0.15, -0.1) is 0 Å². The molecule has 0 saturated carbocycles. The Morgan fingerprint density at radius 1 is 0.964 bits per heavy atom. The summed E-state index contributed by atoms with van der Waals surface area (Å²) in [5.41, 5.74) is 8.24. The molecular weight excluding hydrogens is 354 g/mol. The van der Waals surface area contributed by atoms with E-state index in [-0.39, 0.29) is 5.78 Å². The molecule has 0 radical (unpaired) electrons. The summed E-state index contributed by atoms with van der Waals surface area (Å²) >= 11 is 0. The van der Waals surface area contributed by atoms with E-state index < -0.39 is 11.7 Å². The second kappa shape index (κ2) is 9.01. The van der Waals surface area contributed by atoms with E-state index >= 15 is 0 Å². The molecule has 0 aliphatic carbocycles. The summed E-state index contributed by atoms with van der Waals surface area (Å²) in [6.07, 6.45) is 4.56. The molecule has 1 fully saturated rings. The number of amides is 1. The second-order valence-corrected chi connectivity index (χ2v) is 6.54. The Balaban J connectivity index is 1.63. The van der Waals surface area contributed by atoms with Crippen molar-refractivity contribution < 1.29 is 14.7 Å². The summed E-state index contributed by atoms with van der Waals surface area (Å²) in [6, 6.07) is 14.7. The van der Waals surface area contributed by atoms with Crippen LogP contribution in [0.5, 0.6) is 0 Å². The Hall–Kier alpha value is -3.38. The van der Waals surface area contributed by atoms with Crippen molar-refractivity contribution in [1.82, 2.24) is 5.32 Å². The number of carbonyl (C=O) groups is 2. The van der Waals surface area contributed by atoms with Crippen LogP contribution < -0.4 is 16.0 Å². The number of allylic oxidation sites excluding steroid dienone is 1. The molecule has 4 N–H and O–H groups in total. The zero-order valence-corrected chi connectivity index (χ0v) is 15.5. The Bertz CT molecular complexity index is 894. The van der Waals surface area contributed by atoms with Gasteiger partial charge in [0.25, 0.3) is 5.91 Å². The molecule has 28 heavy (non-hydrogen) atoms. The fraction of sp³-hybridized carbons (Fsp3) is 0.182. The molecule has 144 valence electrons. The van der Waals surface area contributed by atoms with Crippen molar-refractivity contribution in [2.75, 3.05) is 31.1 Å². The summed E-state index contributed by atoms with van der Waals surface area (Å²) in [5.74, 6) is -1.44. The van der Waals surface area contributed by atoms with Crippen LogP contribution in [0.1, 0.15) is 21.5 Å². The molecule has 0 spiro atoms. The molecule has 1 saturated heterocycles. The smallest absolute Gasteiger partial charge is 0.283 e. The maximum absolute atomic E-state index is 12.4. The van der Waals surface area contributed by atoms with Crippen LogP contribution in [0.15, 0.2) is 60.4 Å². The number of hydrogen-bond donors (Lipinski definition) is 3. The first kappa shape index (κ1) is 19.4. The van der Waals surface area contributed by atoms with E-state index in [0.717, 1.165) is 37.4 Å². The number of benzene rings is 2. The predicted octanol–water partition coefficient (Wildman–Crippen LogP) is 2.38. The molecule has 6 nitrogen and oxygen atoms in total. The fourth-order valence-corrected chi connectivity index (χ4v) is 2.96. The number of nitrogens with one attached hydrogen (secondary N) is 1. The predicted molar refractivity (Wildman–Crippen MR) is 111 cm³/mol. The molecule has 1 heterocycles. The number of piperazine rings is 1. The minimum Gasteiger partial charge on any atom is -0.503 e. The van der Waals surface area contributed by atoms with Gasteiger partial charge >= 0.3 is 0 Å². The summed E-state index contributed by atoms with van der Waals surface area (Å²) in [6.45, 7) is 3.88. The van der Waals surface area contributed by atoms with Crippen LogP contribution in [0.4, 0.5) is 5.69 Å². The van der Waals surface area contributed by atoms with Crippen molar-refractivity contribution in [2.24, 2.45) is 5.73 Å². The van der Waals surface area contributed by atoms with E-state index in [0.29, 0.717) is 11.1 Å². The van der Waals surface area contributed by atoms with Gasteiger partial charge in [0.2, 0.25) is 0 Å². The van der Waals surface area contributed by atoms with Gasteiger partial charge in [-0.25, -0.2) is 0 Å². The molecule has 0 aromatic heterocycles. The minimum atomic E-state index is -0.877. The minimum absolute atomic E-state index is 0.0674. The highest BCUT2D eigenvalue weighted by molar-refractivity contribution is 6.07. The number of rotatable bonds is 6. The molecule has 1 aliphatic rings. The van der Waals surface area contributed by atoms with Crippen molar-refractivity contribution in [2.45, 2.75) is 0 Å². The number of primary amides is 1. The number of nitrogens with zero attached hydrogens (tertiary/aromatic N) is 1. The van der Waals surface area contributed by atoms with E-state index in [4.69, 9.17) is 5.73 Å². The van der Waals surface area contributed by atoms with Gasteiger partial charge in [0.1, 0.15) is 0 Å². The van der Waals surface area contributed by atoms with E-state index in [1.165, 1.54) is 12.2 Å². The lowest BCUT2D eigenvalue weighted by Crippen LogP contribution is -2.43. The van der Waals surface area contributed by atoms with Crippen LogP contribution in [-0.2, 0) is 4.79 Å². The normalized spacial score (nSPS) is 15.0. The number of aliphatic hydroxyl groups is 1. The lowest BCUT2D eigenvalue weighted by molar-refractivity contribution is -0.116. The maximum Gasteiger partial charge on any atom is 0.283 e. The number of anilines is 1.